The maximum absolute atomic E-state index is 11.1. The fourth-order valence-corrected chi connectivity index (χ4v) is 1.63. The van der Waals surface area contributed by atoms with Gasteiger partial charge in [0.05, 0.1) is 19.5 Å². The van der Waals surface area contributed by atoms with Crippen molar-refractivity contribution in [3.05, 3.63) is 18.1 Å². The van der Waals surface area contributed by atoms with Crippen molar-refractivity contribution in [3.8, 4) is 0 Å². The van der Waals surface area contributed by atoms with Gasteiger partial charge in [-0.3, -0.25) is 0 Å². The quantitative estimate of drug-likeness (QED) is 0.794. The Hall–Kier alpha value is -1.65. The van der Waals surface area contributed by atoms with Crippen LogP contribution in [0, 0.1) is 5.92 Å². The Balaban J connectivity index is 2.59. The normalized spacial score (nSPS) is 12.3. The van der Waals surface area contributed by atoms with Crippen LogP contribution in [0.2, 0.25) is 0 Å². The summed E-state index contributed by atoms with van der Waals surface area (Å²) in [6.07, 6.45) is 4.01. The van der Waals surface area contributed by atoms with Gasteiger partial charge in [0, 0.05) is 6.04 Å². The number of nitrogens with zero attached hydrogens (tertiary/aromatic N) is 2. The lowest BCUT2D eigenvalue weighted by atomic mass is 10.1. The monoisotopic (exact) mass is 237 g/mol. The van der Waals surface area contributed by atoms with E-state index >= 15 is 0 Å². The second-order valence-corrected chi connectivity index (χ2v) is 4.45. The standard InChI is InChI=1S/C12H19N3O2/c1-8(2)5-9(3)15-11-7-13-10(6-14-11)12(16)17-4/h6-9H,5H2,1-4H3,(H,14,15). The number of esters is 1. The van der Waals surface area contributed by atoms with E-state index in [0.717, 1.165) is 6.42 Å². The minimum Gasteiger partial charge on any atom is -0.464 e. The molecular weight excluding hydrogens is 218 g/mol. The van der Waals surface area contributed by atoms with Crippen LogP contribution in [0.25, 0.3) is 0 Å². The zero-order valence-electron chi connectivity index (χ0n) is 10.7. The number of nitrogens with one attached hydrogen (secondary N) is 1. The first-order valence-electron chi connectivity index (χ1n) is 5.69. The lowest BCUT2D eigenvalue weighted by molar-refractivity contribution is 0.0593. The number of carbonyl (C=O) groups is 1. The highest BCUT2D eigenvalue weighted by Crippen LogP contribution is 2.10. The molecule has 1 aromatic heterocycles. The van der Waals surface area contributed by atoms with E-state index in [1.165, 1.54) is 13.3 Å². The Bertz CT molecular complexity index is 363. The van der Waals surface area contributed by atoms with Gasteiger partial charge in [-0.25, -0.2) is 14.8 Å². The van der Waals surface area contributed by atoms with E-state index in [4.69, 9.17) is 0 Å². The van der Waals surface area contributed by atoms with E-state index in [9.17, 15) is 4.79 Å². The second-order valence-electron chi connectivity index (χ2n) is 4.45. The third-order valence-electron chi connectivity index (χ3n) is 2.27. The van der Waals surface area contributed by atoms with Crippen molar-refractivity contribution < 1.29 is 9.53 Å². The molecule has 94 valence electrons. The third-order valence-corrected chi connectivity index (χ3v) is 2.27. The van der Waals surface area contributed by atoms with Gasteiger partial charge in [-0.2, -0.15) is 0 Å². The minimum absolute atomic E-state index is 0.217. The van der Waals surface area contributed by atoms with Gasteiger partial charge >= 0.3 is 5.97 Å². The predicted octanol–water partition coefficient (Wildman–Crippen LogP) is 2.11. The zero-order chi connectivity index (χ0) is 12.8. The molecule has 0 saturated carbocycles. The number of anilines is 1. The molecule has 0 aliphatic carbocycles. The average Bonchev–Trinajstić information content (AvgIpc) is 2.28. The Morgan fingerprint density at radius 1 is 1.35 bits per heavy atom. The van der Waals surface area contributed by atoms with Crippen molar-refractivity contribution >= 4 is 11.8 Å². The van der Waals surface area contributed by atoms with Gasteiger partial charge < -0.3 is 10.1 Å². The van der Waals surface area contributed by atoms with Gasteiger partial charge in [0.1, 0.15) is 5.82 Å². The van der Waals surface area contributed by atoms with E-state index in [2.05, 4.69) is 40.8 Å². The highest BCUT2D eigenvalue weighted by Gasteiger charge is 2.09. The summed E-state index contributed by atoms with van der Waals surface area (Å²) in [4.78, 5) is 19.2. The van der Waals surface area contributed by atoms with Gasteiger partial charge in [-0.05, 0) is 19.3 Å². The highest BCUT2D eigenvalue weighted by atomic mass is 16.5. The molecule has 1 aromatic rings. The van der Waals surface area contributed by atoms with Crippen molar-refractivity contribution in [2.24, 2.45) is 5.92 Å². The number of aromatic nitrogens is 2. The first kappa shape index (κ1) is 13.4. The number of carbonyl (C=O) groups excluding carboxylic acids is 1. The van der Waals surface area contributed by atoms with Crippen LogP contribution in [0.5, 0.6) is 0 Å². The highest BCUT2D eigenvalue weighted by molar-refractivity contribution is 5.86. The molecule has 17 heavy (non-hydrogen) atoms. The molecule has 0 radical (unpaired) electrons. The van der Waals surface area contributed by atoms with E-state index in [0.29, 0.717) is 17.8 Å². The Kier molecular flexibility index (Phi) is 4.87. The molecule has 0 aromatic carbocycles. The van der Waals surface area contributed by atoms with Gasteiger partial charge in [0.15, 0.2) is 5.69 Å². The zero-order valence-corrected chi connectivity index (χ0v) is 10.7. The van der Waals surface area contributed by atoms with Crippen molar-refractivity contribution in [2.45, 2.75) is 33.2 Å². The molecule has 0 spiro atoms. The van der Waals surface area contributed by atoms with Crippen LogP contribution in [0.4, 0.5) is 5.82 Å². The summed E-state index contributed by atoms with van der Waals surface area (Å²) in [5, 5.41) is 3.23. The van der Waals surface area contributed by atoms with Crippen LogP contribution in [0.1, 0.15) is 37.7 Å². The van der Waals surface area contributed by atoms with Crippen LogP contribution < -0.4 is 5.32 Å². The van der Waals surface area contributed by atoms with Gasteiger partial charge in [0.2, 0.25) is 0 Å². The van der Waals surface area contributed by atoms with Crippen LogP contribution >= 0.6 is 0 Å². The second kappa shape index (κ2) is 6.18. The van der Waals surface area contributed by atoms with Crippen LogP contribution in [0.3, 0.4) is 0 Å². The largest absolute Gasteiger partial charge is 0.464 e. The molecular formula is C12H19N3O2. The molecule has 5 nitrogen and oxygen atoms in total. The predicted molar refractivity (Wildman–Crippen MR) is 65.9 cm³/mol. The Morgan fingerprint density at radius 3 is 2.53 bits per heavy atom. The van der Waals surface area contributed by atoms with Gasteiger partial charge in [-0.1, -0.05) is 13.8 Å². The third kappa shape index (κ3) is 4.38. The molecule has 0 bridgehead atoms. The van der Waals surface area contributed by atoms with Gasteiger partial charge in [-0.15, -0.1) is 0 Å². The van der Waals surface area contributed by atoms with Crippen molar-refractivity contribution in [1.82, 2.24) is 9.97 Å². The van der Waals surface area contributed by atoms with E-state index < -0.39 is 5.97 Å². The molecule has 0 aliphatic rings. The number of rotatable bonds is 5. The molecule has 0 saturated heterocycles. The summed E-state index contributed by atoms with van der Waals surface area (Å²) < 4.78 is 4.55. The fourth-order valence-electron chi connectivity index (χ4n) is 1.63. The molecule has 1 unspecified atom stereocenters. The van der Waals surface area contributed by atoms with Crippen LogP contribution in [0.15, 0.2) is 12.4 Å². The first-order valence-corrected chi connectivity index (χ1v) is 5.69. The molecule has 0 aliphatic heterocycles. The summed E-state index contributed by atoms with van der Waals surface area (Å²) in [5.41, 5.74) is 0.217. The molecule has 1 heterocycles. The molecule has 1 atom stereocenters. The van der Waals surface area contributed by atoms with Gasteiger partial charge in [0.25, 0.3) is 0 Å². The summed E-state index contributed by atoms with van der Waals surface area (Å²) in [5.74, 6) is 0.824. The topological polar surface area (TPSA) is 64.1 Å². The summed E-state index contributed by atoms with van der Waals surface area (Å²) >= 11 is 0. The lowest BCUT2D eigenvalue weighted by Gasteiger charge is -2.16. The molecule has 1 rings (SSSR count). The summed E-state index contributed by atoms with van der Waals surface area (Å²) in [6.45, 7) is 6.43. The maximum atomic E-state index is 11.1. The SMILES string of the molecule is COC(=O)c1cnc(NC(C)CC(C)C)cn1. The van der Waals surface area contributed by atoms with Crippen LogP contribution in [-0.4, -0.2) is 29.1 Å². The fraction of sp³-hybridized carbons (Fsp3) is 0.583. The van der Waals surface area contributed by atoms with Crippen molar-refractivity contribution in [3.63, 3.8) is 0 Å². The van der Waals surface area contributed by atoms with Crippen molar-refractivity contribution in [2.75, 3.05) is 12.4 Å². The van der Waals surface area contributed by atoms with E-state index in [1.54, 1.807) is 6.20 Å². The minimum atomic E-state index is -0.473. The number of methoxy groups -OCH3 is 1. The Labute approximate surface area is 102 Å². The van der Waals surface area contributed by atoms with E-state index in [1.807, 2.05) is 0 Å². The first-order chi connectivity index (χ1) is 8.02. The van der Waals surface area contributed by atoms with E-state index in [-0.39, 0.29) is 5.69 Å². The van der Waals surface area contributed by atoms with Crippen LogP contribution in [-0.2, 0) is 4.74 Å². The average molecular weight is 237 g/mol. The summed E-state index contributed by atoms with van der Waals surface area (Å²) in [7, 11) is 1.32. The molecule has 1 N–H and O–H groups in total. The summed E-state index contributed by atoms with van der Waals surface area (Å²) in [6, 6.07) is 0.327. The lowest BCUT2D eigenvalue weighted by Crippen LogP contribution is -2.18. The smallest absolute Gasteiger partial charge is 0.358 e. The maximum Gasteiger partial charge on any atom is 0.358 e. The number of hydrogen-bond donors (Lipinski definition) is 1. The number of hydrogen-bond acceptors (Lipinski definition) is 5. The number of ether oxygens (including phenoxy) is 1. The molecule has 0 fully saturated rings. The molecule has 5 heteroatoms. The Morgan fingerprint density at radius 2 is 2.06 bits per heavy atom. The molecule has 0 amide bonds. The van der Waals surface area contributed by atoms with Crippen molar-refractivity contribution in [1.29, 1.82) is 0 Å².